The first-order valence-corrected chi connectivity index (χ1v) is 7.56. The molecule has 2 heterocycles. The Hall–Kier alpha value is -3.42. The maximum atomic E-state index is 12.1. The predicted molar refractivity (Wildman–Crippen MR) is 91.9 cm³/mol. The summed E-state index contributed by atoms with van der Waals surface area (Å²) in [7, 11) is 0. The van der Waals surface area contributed by atoms with E-state index in [0.717, 1.165) is 11.3 Å². The van der Waals surface area contributed by atoms with Crippen molar-refractivity contribution in [1.29, 1.82) is 0 Å². The molecule has 0 spiro atoms. The van der Waals surface area contributed by atoms with E-state index in [0.29, 0.717) is 17.1 Å². The molecule has 0 aliphatic heterocycles. The monoisotopic (exact) mass is 340 g/mol. The second-order valence-electron chi connectivity index (χ2n) is 5.58. The van der Waals surface area contributed by atoms with E-state index in [4.69, 9.17) is 4.74 Å². The van der Waals surface area contributed by atoms with E-state index in [1.165, 1.54) is 12.1 Å². The van der Waals surface area contributed by atoms with Gasteiger partial charge in [0, 0.05) is 24.5 Å². The number of hydrogen-bond donors (Lipinski definition) is 1. The van der Waals surface area contributed by atoms with E-state index in [2.05, 4.69) is 10.3 Å². The molecule has 1 N–H and O–H groups in total. The highest BCUT2D eigenvalue weighted by molar-refractivity contribution is 5.93. The molecule has 1 amide bonds. The number of nitrogens with zero attached hydrogens (tertiary/aromatic N) is 3. The van der Waals surface area contributed by atoms with Crippen LogP contribution in [0.2, 0.25) is 0 Å². The molecule has 0 aliphatic rings. The van der Waals surface area contributed by atoms with Gasteiger partial charge in [0.1, 0.15) is 0 Å². The van der Waals surface area contributed by atoms with Gasteiger partial charge in [0.15, 0.2) is 18.0 Å². The Kier molecular flexibility index (Phi) is 4.34. The smallest absolute Gasteiger partial charge is 0.271 e. The third kappa shape index (κ3) is 3.57. The molecule has 0 unspecified atom stereocenters. The van der Waals surface area contributed by atoms with E-state index < -0.39 is 10.8 Å². The number of hydrogen-bond acceptors (Lipinski definition) is 5. The molecule has 0 saturated carbocycles. The lowest BCUT2D eigenvalue weighted by Crippen LogP contribution is -2.21. The summed E-state index contributed by atoms with van der Waals surface area (Å²) in [5.41, 5.74) is 2.49. The lowest BCUT2D eigenvalue weighted by atomic mass is 10.2. The highest BCUT2D eigenvalue weighted by atomic mass is 16.6. The first-order chi connectivity index (χ1) is 11.9. The van der Waals surface area contributed by atoms with Crippen molar-refractivity contribution >= 4 is 22.9 Å². The van der Waals surface area contributed by atoms with Gasteiger partial charge in [0.25, 0.3) is 11.6 Å². The molecule has 0 bridgehead atoms. The standard InChI is InChI=1S/C17H16N4O4/c1-11-5-6-13(21(23)24)8-14(11)19-16(22)10-25-15-4-3-7-20-9-12(2)18-17(15)20/h3-9H,10H2,1-2H3,(H,19,22). The fourth-order valence-corrected chi connectivity index (χ4v) is 2.41. The van der Waals surface area contributed by atoms with Crippen LogP contribution in [0.15, 0.2) is 42.7 Å². The number of non-ortho nitro benzene ring substituents is 1. The van der Waals surface area contributed by atoms with Gasteiger partial charge >= 0.3 is 0 Å². The average molecular weight is 340 g/mol. The zero-order chi connectivity index (χ0) is 18.0. The summed E-state index contributed by atoms with van der Waals surface area (Å²) in [4.78, 5) is 26.8. The summed E-state index contributed by atoms with van der Waals surface area (Å²) in [5, 5.41) is 13.5. The molecule has 8 nitrogen and oxygen atoms in total. The maximum absolute atomic E-state index is 12.1. The number of pyridine rings is 1. The van der Waals surface area contributed by atoms with E-state index in [9.17, 15) is 14.9 Å². The number of nitrogens with one attached hydrogen (secondary N) is 1. The van der Waals surface area contributed by atoms with Crippen molar-refractivity contribution in [2.24, 2.45) is 0 Å². The van der Waals surface area contributed by atoms with Gasteiger partial charge in [-0.1, -0.05) is 6.07 Å². The first-order valence-electron chi connectivity index (χ1n) is 7.56. The Morgan fingerprint density at radius 3 is 2.92 bits per heavy atom. The average Bonchev–Trinajstić information content (AvgIpc) is 2.95. The number of fused-ring (bicyclic) bond motifs is 1. The minimum atomic E-state index is -0.507. The van der Waals surface area contributed by atoms with E-state index in [1.807, 2.05) is 23.7 Å². The zero-order valence-corrected chi connectivity index (χ0v) is 13.7. The van der Waals surface area contributed by atoms with E-state index >= 15 is 0 Å². The minimum Gasteiger partial charge on any atom is -0.480 e. The number of ether oxygens (including phenoxy) is 1. The van der Waals surface area contributed by atoms with Gasteiger partial charge in [-0.2, -0.15) is 0 Å². The number of nitro benzene ring substituents is 1. The third-order valence-electron chi connectivity index (χ3n) is 3.63. The Labute approximate surface area is 143 Å². The van der Waals surface area contributed by atoms with Crippen LogP contribution in [0.4, 0.5) is 11.4 Å². The molecule has 3 aromatic rings. The molecule has 0 atom stereocenters. The Balaban J connectivity index is 1.71. The van der Waals surface area contributed by atoms with Gasteiger partial charge in [-0.3, -0.25) is 14.9 Å². The molecule has 3 rings (SSSR count). The molecule has 0 saturated heterocycles. The molecular weight excluding hydrogens is 324 g/mol. The molecule has 25 heavy (non-hydrogen) atoms. The summed E-state index contributed by atoms with van der Waals surface area (Å²) < 4.78 is 7.37. The summed E-state index contributed by atoms with van der Waals surface area (Å²) in [6.45, 7) is 3.40. The molecular formula is C17H16N4O4. The van der Waals surface area contributed by atoms with Crippen LogP contribution in [0.1, 0.15) is 11.3 Å². The van der Waals surface area contributed by atoms with Gasteiger partial charge in [0.2, 0.25) is 0 Å². The predicted octanol–water partition coefficient (Wildman–Crippen LogP) is 2.88. The number of aromatic nitrogens is 2. The van der Waals surface area contributed by atoms with Crippen molar-refractivity contribution in [3.63, 3.8) is 0 Å². The molecule has 0 aliphatic carbocycles. The van der Waals surface area contributed by atoms with Crippen LogP contribution >= 0.6 is 0 Å². The Morgan fingerprint density at radius 1 is 1.36 bits per heavy atom. The second kappa shape index (κ2) is 6.60. The number of nitro groups is 1. The first kappa shape index (κ1) is 16.4. The fraction of sp³-hybridized carbons (Fsp3) is 0.176. The fourth-order valence-electron chi connectivity index (χ4n) is 2.41. The van der Waals surface area contributed by atoms with Crippen LogP contribution in [-0.2, 0) is 4.79 Å². The van der Waals surface area contributed by atoms with Gasteiger partial charge in [-0.05, 0) is 31.5 Å². The SMILES string of the molecule is Cc1cn2cccc(OCC(=O)Nc3cc([N+](=O)[O-])ccc3C)c2n1. The van der Waals surface area contributed by atoms with Crippen LogP contribution < -0.4 is 10.1 Å². The van der Waals surface area contributed by atoms with Crippen molar-refractivity contribution in [3.05, 3.63) is 64.1 Å². The normalized spacial score (nSPS) is 10.6. The lowest BCUT2D eigenvalue weighted by Gasteiger charge is -2.10. The van der Waals surface area contributed by atoms with Crippen LogP contribution in [0.5, 0.6) is 5.75 Å². The Morgan fingerprint density at radius 2 is 2.16 bits per heavy atom. The van der Waals surface area contributed by atoms with Crippen LogP contribution in [0, 0.1) is 24.0 Å². The Bertz CT molecular complexity index is 964. The van der Waals surface area contributed by atoms with Crippen molar-refractivity contribution in [2.75, 3.05) is 11.9 Å². The number of rotatable bonds is 5. The van der Waals surface area contributed by atoms with E-state index in [-0.39, 0.29) is 12.3 Å². The number of carbonyl (C=O) groups excluding carboxylic acids is 1. The molecule has 2 aromatic heterocycles. The van der Waals surface area contributed by atoms with Gasteiger partial charge in [-0.25, -0.2) is 4.98 Å². The van der Waals surface area contributed by atoms with Crippen molar-refractivity contribution < 1.29 is 14.5 Å². The second-order valence-corrected chi connectivity index (χ2v) is 5.58. The number of imidazole rings is 1. The van der Waals surface area contributed by atoms with Gasteiger partial charge < -0.3 is 14.5 Å². The molecule has 8 heteroatoms. The maximum Gasteiger partial charge on any atom is 0.271 e. The van der Waals surface area contributed by atoms with Crippen molar-refractivity contribution in [1.82, 2.24) is 9.38 Å². The highest BCUT2D eigenvalue weighted by Crippen LogP contribution is 2.22. The number of carbonyl (C=O) groups is 1. The largest absolute Gasteiger partial charge is 0.480 e. The number of benzene rings is 1. The van der Waals surface area contributed by atoms with Crippen LogP contribution in [-0.4, -0.2) is 26.8 Å². The van der Waals surface area contributed by atoms with Crippen LogP contribution in [0.3, 0.4) is 0 Å². The topological polar surface area (TPSA) is 98.8 Å². The van der Waals surface area contributed by atoms with Gasteiger partial charge in [0.05, 0.1) is 16.3 Å². The zero-order valence-electron chi connectivity index (χ0n) is 13.7. The summed E-state index contributed by atoms with van der Waals surface area (Å²) >= 11 is 0. The van der Waals surface area contributed by atoms with Gasteiger partial charge in [-0.15, -0.1) is 0 Å². The number of anilines is 1. The number of amides is 1. The van der Waals surface area contributed by atoms with Crippen molar-refractivity contribution in [3.8, 4) is 5.75 Å². The lowest BCUT2D eigenvalue weighted by molar-refractivity contribution is -0.384. The molecule has 128 valence electrons. The quantitative estimate of drug-likeness (QED) is 0.569. The third-order valence-corrected chi connectivity index (χ3v) is 3.63. The summed E-state index contributed by atoms with van der Waals surface area (Å²) in [6.07, 6.45) is 3.70. The molecule has 1 aromatic carbocycles. The van der Waals surface area contributed by atoms with Crippen molar-refractivity contribution in [2.45, 2.75) is 13.8 Å². The summed E-state index contributed by atoms with van der Waals surface area (Å²) in [6, 6.07) is 7.83. The molecule has 0 radical (unpaired) electrons. The minimum absolute atomic E-state index is 0.0838. The number of aryl methyl sites for hydroxylation is 2. The van der Waals surface area contributed by atoms with Crippen LogP contribution in [0.25, 0.3) is 5.65 Å². The highest BCUT2D eigenvalue weighted by Gasteiger charge is 2.12. The molecule has 0 fully saturated rings. The summed E-state index contributed by atoms with van der Waals surface area (Å²) in [5.74, 6) is 0.0791. The van der Waals surface area contributed by atoms with E-state index in [1.54, 1.807) is 25.1 Å².